The summed E-state index contributed by atoms with van der Waals surface area (Å²) in [5.74, 6) is 1.05. The summed E-state index contributed by atoms with van der Waals surface area (Å²) >= 11 is 0. The third-order valence-corrected chi connectivity index (χ3v) is 5.41. The molecule has 0 atom stereocenters. The van der Waals surface area contributed by atoms with Crippen LogP contribution in [0.5, 0.6) is 17.2 Å². The fraction of sp³-hybridized carbons (Fsp3) is 0.214. The number of aryl methyl sites for hydroxylation is 2. The first kappa shape index (κ1) is 23.9. The minimum atomic E-state index is -0.458. The predicted octanol–water partition coefficient (Wildman–Crippen LogP) is 4.62. The van der Waals surface area contributed by atoms with Crippen LogP contribution >= 0.6 is 0 Å². The van der Waals surface area contributed by atoms with Gasteiger partial charge in [-0.15, -0.1) is 0 Å². The second-order valence-corrected chi connectivity index (χ2v) is 8.08. The number of rotatable bonds is 9. The van der Waals surface area contributed by atoms with E-state index in [1.807, 2.05) is 39.0 Å². The molecular weight excluding hydrogens is 444 g/mol. The van der Waals surface area contributed by atoms with E-state index >= 15 is 0 Å². The summed E-state index contributed by atoms with van der Waals surface area (Å²) in [6.45, 7) is 7.09. The Kier molecular flexibility index (Phi) is 7.35. The Morgan fingerprint density at radius 2 is 1.54 bits per heavy atom. The molecule has 7 heteroatoms. The van der Waals surface area contributed by atoms with E-state index in [-0.39, 0.29) is 5.57 Å². The van der Waals surface area contributed by atoms with Gasteiger partial charge in [-0.3, -0.25) is 15.0 Å². The van der Waals surface area contributed by atoms with E-state index in [4.69, 9.17) is 14.2 Å². The number of ether oxygens (including phenoxy) is 3. The average molecular weight is 473 g/mol. The van der Waals surface area contributed by atoms with E-state index in [1.165, 1.54) is 10.6 Å². The van der Waals surface area contributed by atoms with Crippen LogP contribution in [-0.2, 0) is 9.59 Å². The Hall–Kier alpha value is -4.26. The van der Waals surface area contributed by atoms with Crippen molar-refractivity contribution in [1.82, 2.24) is 5.43 Å². The molecule has 1 heterocycles. The van der Waals surface area contributed by atoms with E-state index in [2.05, 4.69) is 11.5 Å². The maximum absolute atomic E-state index is 12.8. The lowest BCUT2D eigenvalue weighted by Crippen LogP contribution is -2.35. The number of hydrogen-bond donors (Lipinski definition) is 1. The number of hydrogen-bond acceptors (Lipinski definition) is 5. The molecule has 0 spiro atoms. The SMILES string of the molecule is CCOc1cc(/C=C2/C(=O)NN(c3ccccc3)C2=O)ccc1OCCOc1ccc(C)cc1C. The first-order chi connectivity index (χ1) is 17.0. The van der Waals surface area contributed by atoms with Gasteiger partial charge >= 0.3 is 0 Å². The van der Waals surface area contributed by atoms with Gasteiger partial charge in [0.25, 0.3) is 11.8 Å². The molecule has 1 aliphatic heterocycles. The number of nitrogens with one attached hydrogen (secondary N) is 1. The highest BCUT2D eigenvalue weighted by molar-refractivity contribution is 6.31. The molecule has 0 bridgehead atoms. The number of nitrogens with zero attached hydrogens (tertiary/aromatic N) is 1. The quantitative estimate of drug-likeness (QED) is 0.279. The van der Waals surface area contributed by atoms with Crippen molar-refractivity contribution in [3.8, 4) is 17.2 Å². The number of hydrazine groups is 1. The molecule has 0 unspecified atom stereocenters. The van der Waals surface area contributed by atoms with Gasteiger partial charge in [-0.05, 0) is 68.3 Å². The third kappa shape index (κ3) is 5.63. The molecule has 3 aromatic carbocycles. The molecule has 35 heavy (non-hydrogen) atoms. The first-order valence-electron chi connectivity index (χ1n) is 11.5. The van der Waals surface area contributed by atoms with Gasteiger partial charge in [-0.1, -0.05) is 42.0 Å². The molecule has 0 saturated carbocycles. The lowest BCUT2D eigenvalue weighted by atomic mass is 10.1. The fourth-order valence-corrected chi connectivity index (χ4v) is 3.75. The van der Waals surface area contributed by atoms with Crippen LogP contribution in [0.1, 0.15) is 23.6 Å². The molecule has 180 valence electrons. The molecule has 0 aromatic heterocycles. The van der Waals surface area contributed by atoms with E-state index < -0.39 is 11.8 Å². The zero-order chi connectivity index (χ0) is 24.8. The van der Waals surface area contributed by atoms with Crippen molar-refractivity contribution in [3.63, 3.8) is 0 Å². The molecule has 1 fully saturated rings. The molecular formula is C28H28N2O5. The summed E-state index contributed by atoms with van der Waals surface area (Å²) in [7, 11) is 0. The smallest absolute Gasteiger partial charge is 0.282 e. The summed E-state index contributed by atoms with van der Waals surface area (Å²) in [4.78, 5) is 25.3. The van der Waals surface area contributed by atoms with Gasteiger partial charge in [0, 0.05) is 0 Å². The lowest BCUT2D eigenvalue weighted by Gasteiger charge is -2.14. The molecule has 4 rings (SSSR count). The second-order valence-electron chi connectivity index (χ2n) is 8.08. The maximum atomic E-state index is 12.8. The van der Waals surface area contributed by atoms with Gasteiger partial charge in [0.1, 0.15) is 24.5 Å². The van der Waals surface area contributed by atoms with Crippen LogP contribution in [0.15, 0.2) is 72.3 Å². The predicted molar refractivity (Wildman–Crippen MR) is 135 cm³/mol. The number of anilines is 1. The zero-order valence-corrected chi connectivity index (χ0v) is 20.0. The highest BCUT2D eigenvalue weighted by Crippen LogP contribution is 2.30. The number of benzene rings is 3. The van der Waals surface area contributed by atoms with Crippen molar-refractivity contribution in [3.05, 3.63) is 89.0 Å². The van der Waals surface area contributed by atoms with E-state index in [0.717, 1.165) is 11.3 Å². The number of carbonyl (C=O) groups excluding carboxylic acids is 2. The van der Waals surface area contributed by atoms with Gasteiger partial charge < -0.3 is 14.2 Å². The number of carbonyl (C=O) groups is 2. The van der Waals surface area contributed by atoms with E-state index in [9.17, 15) is 9.59 Å². The summed E-state index contributed by atoms with van der Waals surface area (Å²) in [6.07, 6.45) is 1.55. The Morgan fingerprint density at radius 1 is 0.829 bits per heavy atom. The monoisotopic (exact) mass is 472 g/mol. The van der Waals surface area contributed by atoms with Crippen molar-refractivity contribution in [2.75, 3.05) is 24.8 Å². The molecule has 7 nitrogen and oxygen atoms in total. The summed E-state index contributed by atoms with van der Waals surface area (Å²) in [5, 5.41) is 1.24. The van der Waals surface area contributed by atoms with Gasteiger partial charge in [0.05, 0.1) is 12.3 Å². The van der Waals surface area contributed by atoms with Crippen molar-refractivity contribution in [2.45, 2.75) is 20.8 Å². The number of para-hydroxylation sites is 1. The van der Waals surface area contributed by atoms with Crippen molar-refractivity contribution < 1.29 is 23.8 Å². The van der Waals surface area contributed by atoms with E-state index in [0.29, 0.717) is 42.6 Å². The van der Waals surface area contributed by atoms with Crippen LogP contribution in [-0.4, -0.2) is 31.6 Å². The Morgan fingerprint density at radius 3 is 2.26 bits per heavy atom. The van der Waals surface area contributed by atoms with Crippen LogP contribution in [0.2, 0.25) is 0 Å². The number of amides is 2. The summed E-state index contributed by atoms with van der Waals surface area (Å²) < 4.78 is 17.5. The normalized spacial score (nSPS) is 14.3. The van der Waals surface area contributed by atoms with Gasteiger partial charge in [0.2, 0.25) is 0 Å². The maximum Gasteiger partial charge on any atom is 0.282 e. The highest BCUT2D eigenvalue weighted by Gasteiger charge is 2.34. The zero-order valence-electron chi connectivity index (χ0n) is 20.0. The van der Waals surface area contributed by atoms with Crippen LogP contribution in [0.4, 0.5) is 5.69 Å². The average Bonchev–Trinajstić information content (AvgIpc) is 3.13. The molecule has 1 saturated heterocycles. The highest BCUT2D eigenvalue weighted by atomic mass is 16.5. The van der Waals surface area contributed by atoms with Crippen LogP contribution in [0.3, 0.4) is 0 Å². The van der Waals surface area contributed by atoms with E-state index in [1.54, 1.807) is 48.5 Å². The van der Waals surface area contributed by atoms with Crippen molar-refractivity contribution >= 4 is 23.6 Å². The molecule has 0 radical (unpaired) electrons. The Bertz CT molecular complexity index is 1250. The van der Waals surface area contributed by atoms with Crippen molar-refractivity contribution in [2.24, 2.45) is 0 Å². The van der Waals surface area contributed by atoms with Gasteiger partial charge in [0.15, 0.2) is 11.5 Å². The molecule has 2 amide bonds. The molecule has 3 aromatic rings. The first-order valence-corrected chi connectivity index (χ1v) is 11.5. The third-order valence-electron chi connectivity index (χ3n) is 5.41. The van der Waals surface area contributed by atoms with Gasteiger partial charge in [-0.2, -0.15) is 0 Å². The molecule has 1 aliphatic rings. The molecule has 1 N–H and O–H groups in total. The lowest BCUT2D eigenvalue weighted by molar-refractivity contribution is -0.117. The van der Waals surface area contributed by atoms with Crippen molar-refractivity contribution in [1.29, 1.82) is 0 Å². The standard InChI is InChI=1S/C28H28N2O5/c1-4-33-26-18-21(17-23-27(31)29-30(28(23)32)22-8-6-5-7-9-22)11-13-25(26)35-15-14-34-24-12-10-19(2)16-20(24)3/h5-13,16-18H,4,14-15H2,1-3H3,(H,29,31)/b23-17-. The second kappa shape index (κ2) is 10.8. The fourth-order valence-electron chi connectivity index (χ4n) is 3.75. The molecule has 0 aliphatic carbocycles. The van der Waals surface area contributed by atoms with Crippen LogP contribution in [0, 0.1) is 13.8 Å². The van der Waals surface area contributed by atoms with Crippen LogP contribution in [0.25, 0.3) is 6.08 Å². The summed E-state index contributed by atoms with van der Waals surface area (Å²) in [6, 6.07) is 20.3. The minimum Gasteiger partial charge on any atom is -0.490 e. The summed E-state index contributed by atoms with van der Waals surface area (Å²) in [5.41, 5.74) is 6.16. The minimum absolute atomic E-state index is 0.0480. The Labute approximate surface area is 204 Å². The topological polar surface area (TPSA) is 77.1 Å². The van der Waals surface area contributed by atoms with Gasteiger partial charge in [-0.25, -0.2) is 5.01 Å². The Balaban J connectivity index is 1.44. The van der Waals surface area contributed by atoms with Crippen LogP contribution < -0.4 is 24.6 Å². The largest absolute Gasteiger partial charge is 0.490 e.